The molecule has 6 aromatic rings. The van der Waals surface area contributed by atoms with Crippen molar-refractivity contribution in [3.63, 3.8) is 0 Å². The molecule has 63 heavy (non-hydrogen) atoms. The summed E-state index contributed by atoms with van der Waals surface area (Å²) in [5, 5.41) is 8.28. The van der Waals surface area contributed by atoms with Crippen molar-refractivity contribution in [2.24, 2.45) is 5.92 Å². The van der Waals surface area contributed by atoms with Gasteiger partial charge in [-0.05, 0) is 157 Å². The first-order valence-corrected chi connectivity index (χ1v) is 22.8. The fraction of sp³-hybridized carbons (Fsp3) is 0.458. The molecule has 0 spiro atoms. The molecule has 0 bridgehead atoms. The average Bonchev–Trinajstić information content (AvgIpc) is 3.86. The predicted octanol–water partition coefficient (Wildman–Crippen LogP) is 6.37. The second-order valence-corrected chi connectivity index (χ2v) is 17.9. The molecule has 1 unspecified atom stereocenters. The van der Waals surface area contributed by atoms with Crippen LogP contribution in [0.5, 0.6) is 11.5 Å². The van der Waals surface area contributed by atoms with Crippen LogP contribution in [0.25, 0.3) is 33.4 Å². The van der Waals surface area contributed by atoms with E-state index in [2.05, 4.69) is 40.7 Å². The SMILES string of the molecule is Nc1ncnc2c1c(-c1ccc(Oc3ccccc3)cc1)nn2C1CCN(CCCN2CCC(CN3CCC(c4ccc5c(c4)oc(=O)n5C4CCC(=O)NC4=O)CC3)CC2)CC1. The number of ether oxygens (including phenoxy) is 1. The zero-order valence-corrected chi connectivity index (χ0v) is 35.7. The van der Waals surface area contributed by atoms with E-state index in [1.165, 1.54) is 49.0 Å². The molecule has 4 aliphatic heterocycles. The molecule has 0 aliphatic carbocycles. The smallest absolute Gasteiger partial charge is 0.420 e. The number of amides is 2. The van der Waals surface area contributed by atoms with E-state index in [0.717, 1.165) is 105 Å². The number of carbonyl (C=O) groups is 2. The molecule has 4 fully saturated rings. The van der Waals surface area contributed by atoms with Crippen molar-refractivity contribution >= 4 is 39.8 Å². The van der Waals surface area contributed by atoms with Crippen LogP contribution in [0, 0.1) is 5.92 Å². The maximum atomic E-state index is 12.8. The van der Waals surface area contributed by atoms with Crippen molar-refractivity contribution in [2.45, 2.75) is 75.8 Å². The predicted molar refractivity (Wildman–Crippen MR) is 240 cm³/mol. The minimum absolute atomic E-state index is 0.208. The summed E-state index contributed by atoms with van der Waals surface area (Å²) >= 11 is 0. The Morgan fingerprint density at radius 1 is 0.762 bits per heavy atom. The molecule has 4 aliphatic rings. The number of benzene rings is 3. The highest BCUT2D eigenvalue weighted by Crippen LogP contribution is 2.36. The van der Waals surface area contributed by atoms with Gasteiger partial charge in [-0.1, -0.05) is 24.3 Å². The Balaban J connectivity index is 0.654. The topological polar surface area (TPSA) is 170 Å². The number of oxazole rings is 1. The van der Waals surface area contributed by atoms with Gasteiger partial charge in [0.25, 0.3) is 0 Å². The molecule has 15 nitrogen and oxygen atoms in total. The highest BCUT2D eigenvalue weighted by Gasteiger charge is 2.32. The van der Waals surface area contributed by atoms with Gasteiger partial charge in [0.1, 0.15) is 35.4 Å². The number of nitrogens with two attached hydrogens (primary N) is 1. The number of nitrogens with zero attached hydrogens (tertiary/aromatic N) is 8. The Morgan fingerprint density at radius 2 is 1.46 bits per heavy atom. The number of fused-ring (bicyclic) bond motifs is 2. The van der Waals surface area contributed by atoms with Crippen molar-refractivity contribution < 1.29 is 18.7 Å². The summed E-state index contributed by atoms with van der Waals surface area (Å²) in [7, 11) is 0. The van der Waals surface area contributed by atoms with E-state index in [1.807, 2.05) is 66.7 Å². The third kappa shape index (κ3) is 8.86. The summed E-state index contributed by atoms with van der Waals surface area (Å²) in [6, 6.07) is 23.2. The number of likely N-dealkylation sites (tertiary alicyclic amines) is 3. The molecular formula is C48H56N10O5. The third-order valence-corrected chi connectivity index (χ3v) is 13.9. The normalized spacial score (nSPS) is 20.5. The number of nitrogens with one attached hydrogen (secondary N) is 1. The summed E-state index contributed by atoms with van der Waals surface area (Å²) in [4.78, 5) is 53.8. The zero-order chi connectivity index (χ0) is 42.9. The van der Waals surface area contributed by atoms with Gasteiger partial charge >= 0.3 is 5.76 Å². The van der Waals surface area contributed by atoms with E-state index in [-0.39, 0.29) is 18.4 Å². The van der Waals surface area contributed by atoms with Gasteiger partial charge < -0.3 is 29.6 Å². The summed E-state index contributed by atoms with van der Waals surface area (Å²) in [6.45, 7) is 10.00. The van der Waals surface area contributed by atoms with Crippen LogP contribution in [0.15, 0.2) is 88.3 Å². The van der Waals surface area contributed by atoms with E-state index in [9.17, 15) is 14.4 Å². The van der Waals surface area contributed by atoms with E-state index in [4.69, 9.17) is 20.0 Å². The van der Waals surface area contributed by atoms with Crippen LogP contribution < -0.4 is 21.5 Å². The van der Waals surface area contributed by atoms with Gasteiger partial charge in [0, 0.05) is 31.6 Å². The number of anilines is 1. The number of hydrogen-bond donors (Lipinski definition) is 2. The van der Waals surface area contributed by atoms with Gasteiger partial charge in [-0.25, -0.2) is 19.4 Å². The van der Waals surface area contributed by atoms with Crippen LogP contribution in [0.3, 0.4) is 0 Å². The Bertz CT molecular complexity index is 2620. The van der Waals surface area contributed by atoms with Gasteiger partial charge in [0.2, 0.25) is 11.8 Å². The van der Waals surface area contributed by atoms with Crippen molar-refractivity contribution in [2.75, 3.05) is 64.6 Å². The lowest BCUT2D eigenvalue weighted by Crippen LogP contribution is -2.43. The first-order chi connectivity index (χ1) is 30.8. The Kier molecular flexibility index (Phi) is 11.8. The third-order valence-electron chi connectivity index (χ3n) is 13.9. The molecule has 4 saturated heterocycles. The van der Waals surface area contributed by atoms with Crippen LogP contribution in [0.1, 0.15) is 81.4 Å². The van der Waals surface area contributed by atoms with Gasteiger partial charge in [-0.3, -0.25) is 19.5 Å². The van der Waals surface area contributed by atoms with Gasteiger partial charge in [0.05, 0.1) is 16.9 Å². The van der Waals surface area contributed by atoms with Crippen molar-refractivity contribution in [1.82, 2.24) is 44.3 Å². The summed E-state index contributed by atoms with van der Waals surface area (Å²) < 4.78 is 15.1. The molecular weight excluding hydrogens is 797 g/mol. The zero-order valence-electron chi connectivity index (χ0n) is 35.7. The first kappa shape index (κ1) is 41.1. The molecule has 1 atom stereocenters. The summed E-state index contributed by atoms with van der Waals surface area (Å²) in [6.07, 6.45) is 9.91. The lowest BCUT2D eigenvalue weighted by Gasteiger charge is -2.38. The number of piperidine rings is 4. The van der Waals surface area contributed by atoms with Crippen molar-refractivity contribution in [3.05, 3.63) is 95.2 Å². The molecule has 3 aromatic carbocycles. The molecule has 0 saturated carbocycles. The maximum Gasteiger partial charge on any atom is 0.420 e. The number of hydrogen-bond acceptors (Lipinski definition) is 12. The van der Waals surface area contributed by atoms with Gasteiger partial charge in [0.15, 0.2) is 11.2 Å². The molecule has 0 radical (unpaired) electrons. The van der Waals surface area contributed by atoms with E-state index >= 15 is 0 Å². The molecule has 7 heterocycles. The number of para-hydroxylation sites is 1. The number of imide groups is 1. The number of rotatable bonds is 12. The largest absolute Gasteiger partial charge is 0.457 e. The summed E-state index contributed by atoms with van der Waals surface area (Å²) in [5.41, 5.74) is 11.3. The van der Waals surface area contributed by atoms with Crippen molar-refractivity contribution in [1.29, 1.82) is 0 Å². The highest BCUT2D eigenvalue weighted by atomic mass is 16.5. The lowest BCUT2D eigenvalue weighted by molar-refractivity contribution is -0.135. The quantitative estimate of drug-likeness (QED) is 0.131. The van der Waals surface area contributed by atoms with E-state index < -0.39 is 17.7 Å². The fourth-order valence-electron chi connectivity index (χ4n) is 10.4. The van der Waals surface area contributed by atoms with Gasteiger partial charge in [-0.15, -0.1) is 0 Å². The standard InChI is InChI=1S/C48H56N10O5/c49-45-43-44(34-7-10-38(11-8-34)62-37-5-2-1-3-6-37)53-58(46(43)51-31-50-45)36-19-27-55(28-20-36)22-4-21-54-23-15-32(16-24-54)30-56-25-17-33(18-26-56)35-9-12-39-41(29-35)63-48(61)57(39)40-13-14-42(59)52-47(40)60/h1-3,5-12,29,31-33,36,40H,4,13-28,30H2,(H2,49,50,51)(H,52,59,60). The highest BCUT2D eigenvalue weighted by molar-refractivity contribution is 6.00. The van der Waals surface area contributed by atoms with Crippen LogP contribution in [0.2, 0.25) is 0 Å². The lowest BCUT2D eigenvalue weighted by atomic mass is 9.88. The summed E-state index contributed by atoms with van der Waals surface area (Å²) in [5.74, 6) is 1.84. The maximum absolute atomic E-state index is 12.8. The number of aromatic nitrogens is 5. The first-order valence-electron chi connectivity index (χ1n) is 22.8. The fourth-order valence-corrected chi connectivity index (χ4v) is 10.4. The van der Waals surface area contributed by atoms with E-state index in [0.29, 0.717) is 29.3 Å². The van der Waals surface area contributed by atoms with Crippen molar-refractivity contribution in [3.8, 4) is 22.8 Å². The molecule has 15 heteroatoms. The second kappa shape index (κ2) is 18.1. The minimum Gasteiger partial charge on any atom is -0.457 e. The van der Waals surface area contributed by atoms with E-state index in [1.54, 1.807) is 6.33 Å². The van der Waals surface area contributed by atoms with Crippen LogP contribution in [-0.4, -0.2) is 110 Å². The molecule has 3 aromatic heterocycles. The molecule has 328 valence electrons. The average molecular weight is 853 g/mol. The molecule has 2 amide bonds. The van der Waals surface area contributed by atoms with Crippen LogP contribution in [0.4, 0.5) is 5.82 Å². The number of carbonyl (C=O) groups excluding carboxylic acids is 2. The van der Waals surface area contributed by atoms with Gasteiger partial charge in [-0.2, -0.15) is 5.10 Å². The Labute approximate surface area is 366 Å². The Hall–Kier alpha value is -5.90. The minimum atomic E-state index is -0.728. The molecule has 10 rings (SSSR count). The monoisotopic (exact) mass is 852 g/mol. The molecule has 3 N–H and O–H groups in total. The Morgan fingerprint density at radius 3 is 2.19 bits per heavy atom. The van der Waals surface area contributed by atoms with Crippen LogP contribution >= 0.6 is 0 Å². The second-order valence-electron chi connectivity index (χ2n) is 17.9. The van der Waals surface area contributed by atoms with Crippen LogP contribution in [-0.2, 0) is 9.59 Å². The number of nitrogen functional groups attached to an aromatic ring is 1.